The fraction of sp³-hybridized carbons (Fsp3) is 1.00. The predicted octanol–water partition coefficient (Wildman–Crippen LogP) is 5.84. The zero-order chi connectivity index (χ0) is 17.0. The molecule has 0 heterocycles. The number of aliphatic hydroxyl groups is 1. The highest BCUT2D eigenvalue weighted by molar-refractivity contribution is 4.50. The van der Waals surface area contributed by atoms with Gasteiger partial charge < -0.3 is 14.6 Å². The maximum Gasteiger partial charge on any atom is 0.154 e. The topological polar surface area (TPSA) is 38.7 Å². The standard InChI is InChI=1S/C20H42O3/c1-3-4-5-6-7-8-9-10-11-12-13-14-15-17-20(21)23-19-16-18-22-2/h20-21H,3-19H2,1-2H3/t20-/m0/s1. The summed E-state index contributed by atoms with van der Waals surface area (Å²) in [5.41, 5.74) is 0. The summed E-state index contributed by atoms with van der Waals surface area (Å²) >= 11 is 0. The summed E-state index contributed by atoms with van der Waals surface area (Å²) in [6.07, 6.45) is 18.7. The lowest BCUT2D eigenvalue weighted by Crippen LogP contribution is -2.13. The number of hydrogen-bond donors (Lipinski definition) is 1. The van der Waals surface area contributed by atoms with Crippen molar-refractivity contribution < 1.29 is 14.6 Å². The van der Waals surface area contributed by atoms with E-state index in [9.17, 15) is 5.11 Å². The largest absolute Gasteiger partial charge is 0.385 e. The van der Waals surface area contributed by atoms with E-state index >= 15 is 0 Å². The molecule has 0 spiro atoms. The molecule has 0 aromatic rings. The van der Waals surface area contributed by atoms with Crippen molar-refractivity contribution in [3.63, 3.8) is 0 Å². The quantitative estimate of drug-likeness (QED) is 0.239. The van der Waals surface area contributed by atoms with E-state index in [1.807, 2.05) is 0 Å². The molecule has 0 aliphatic rings. The van der Waals surface area contributed by atoms with Crippen molar-refractivity contribution >= 4 is 0 Å². The highest BCUT2D eigenvalue weighted by atomic mass is 16.6. The molecule has 0 aliphatic heterocycles. The Bertz CT molecular complexity index is 209. The molecule has 0 aromatic heterocycles. The Morgan fingerprint density at radius 3 is 1.61 bits per heavy atom. The molecular formula is C20H42O3. The first-order valence-electron chi connectivity index (χ1n) is 10.1. The van der Waals surface area contributed by atoms with Gasteiger partial charge in [-0.3, -0.25) is 0 Å². The number of aliphatic hydroxyl groups excluding tert-OH is 1. The van der Waals surface area contributed by atoms with Crippen LogP contribution in [-0.2, 0) is 9.47 Å². The van der Waals surface area contributed by atoms with Crippen LogP contribution < -0.4 is 0 Å². The van der Waals surface area contributed by atoms with Crippen molar-refractivity contribution in [2.45, 2.75) is 110 Å². The van der Waals surface area contributed by atoms with E-state index in [-0.39, 0.29) is 0 Å². The zero-order valence-electron chi connectivity index (χ0n) is 15.9. The molecule has 3 nitrogen and oxygen atoms in total. The number of ether oxygens (including phenoxy) is 2. The zero-order valence-corrected chi connectivity index (χ0v) is 15.9. The summed E-state index contributed by atoms with van der Waals surface area (Å²) in [7, 11) is 1.68. The Hall–Kier alpha value is -0.120. The van der Waals surface area contributed by atoms with Crippen LogP contribution in [0.4, 0.5) is 0 Å². The van der Waals surface area contributed by atoms with Crippen LogP contribution in [-0.4, -0.2) is 31.7 Å². The van der Waals surface area contributed by atoms with E-state index in [2.05, 4.69) is 6.92 Å². The lowest BCUT2D eigenvalue weighted by Gasteiger charge is -2.11. The fourth-order valence-corrected chi connectivity index (χ4v) is 2.84. The second-order valence-corrected chi connectivity index (χ2v) is 6.70. The van der Waals surface area contributed by atoms with Crippen LogP contribution >= 0.6 is 0 Å². The molecule has 0 unspecified atom stereocenters. The van der Waals surface area contributed by atoms with Crippen LogP contribution in [0.25, 0.3) is 0 Å². The van der Waals surface area contributed by atoms with Gasteiger partial charge in [0.25, 0.3) is 0 Å². The van der Waals surface area contributed by atoms with E-state index in [0.29, 0.717) is 13.2 Å². The minimum Gasteiger partial charge on any atom is -0.385 e. The van der Waals surface area contributed by atoms with Gasteiger partial charge in [0.15, 0.2) is 6.29 Å². The van der Waals surface area contributed by atoms with E-state index in [1.54, 1.807) is 7.11 Å². The number of hydrogen-bond acceptors (Lipinski definition) is 3. The molecule has 0 fully saturated rings. The first kappa shape index (κ1) is 22.9. The molecule has 1 N–H and O–H groups in total. The maximum atomic E-state index is 9.66. The molecule has 0 saturated heterocycles. The molecule has 140 valence electrons. The first-order chi connectivity index (χ1) is 11.3. The Kier molecular flexibility index (Phi) is 19.8. The molecule has 0 aliphatic carbocycles. The van der Waals surface area contributed by atoms with E-state index in [0.717, 1.165) is 19.3 Å². The first-order valence-corrected chi connectivity index (χ1v) is 10.1. The van der Waals surface area contributed by atoms with Crippen molar-refractivity contribution in [2.24, 2.45) is 0 Å². The van der Waals surface area contributed by atoms with Gasteiger partial charge in [0.05, 0.1) is 6.61 Å². The smallest absolute Gasteiger partial charge is 0.154 e. The Labute approximate surface area is 145 Å². The lowest BCUT2D eigenvalue weighted by molar-refractivity contribution is -0.107. The summed E-state index contributed by atoms with van der Waals surface area (Å²) in [5, 5.41) is 9.66. The second kappa shape index (κ2) is 19.9. The summed E-state index contributed by atoms with van der Waals surface area (Å²) in [6.45, 7) is 3.57. The normalized spacial score (nSPS) is 12.7. The average Bonchev–Trinajstić information content (AvgIpc) is 2.56. The lowest BCUT2D eigenvalue weighted by atomic mass is 10.0. The van der Waals surface area contributed by atoms with Gasteiger partial charge in [0.2, 0.25) is 0 Å². The van der Waals surface area contributed by atoms with Gasteiger partial charge >= 0.3 is 0 Å². The van der Waals surface area contributed by atoms with E-state index < -0.39 is 6.29 Å². The predicted molar refractivity (Wildman–Crippen MR) is 98.8 cm³/mol. The van der Waals surface area contributed by atoms with Crippen LogP contribution in [0.3, 0.4) is 0 Å². The molecule has 0 bridgehead atoms. The SMILES string of the molecule is CCCCCCCCCCCCCCC[C@@H](O)OCCCOC. The molecule has 0 radical (unpaired) electrons. The summed E-state index contributed by atoms with van der Waals surface area (Å²) < 4.78 is 10.3. The minimum absolute atomic E-state index is 0.584. The average molecular weight is 331 g/mol. The van der Waals surface area contributed by atoms with Crippen molar-refractivity contribution in [2.75, 3.05) is 20.3 Å². The van der Waals surface area contributed by atoms with Crippen molar-refractivity contribution in [3.05, 3.63) is 0 Å². The van der Waals surface area contributed by atoms with Crippen LogP contribution in [0.15, 0.2) is 0 Å². The summed E-state index contributed by atoms with van der Waals surface area (Å²) in [4.78, 5) is 0. The second-order valence-electron chi connectivity index (χ2n) is 6.70. The van der Waals surface area contributed by atoms with Gasteiger partial charge in [0, 0.05) is 13.7 Å². The monoisotopic (exact) mass is 330 g/mol. The summed E-state index contributed by atoms with van der Waals surface area (Å²) in [6, 6.07) is 0. The van der Waals surface area contributed by atoms with Gasteiger partial charge in [-0.2, -0.15) is 0 Å². The van der Waals surface area contributed by atoms with Crippen LogP contribution in [0, 0.1) is 0 Å². The van der Waals surface area contributed by atoms with Gasteiger partial charge in [-0.15, -0.1) is 0 Å². The van der Waals surface area contributed by atoms with Crippen molar-refractivity contribution in [1.82, 2.24) is 0 Å². The highest BCUT2D eigenvalue weighted by Crippen LogP contribution is 2.13. The molecule has 0 aromatic carbocycles. The number of methoxy groups -OCH3 is 1. The molecule has 23 heavy (non-hydrogen) atoms. The highest BCUT2D eigenvalue weighted by Gasteiger charge is 2.03. The van der Waals surface area contributed by atoms with Crippen LogP contribution in [0.2, 0.25) is 0 Å². The molecular weight excluding hydrogens is 288 g/mol. The molecule has 1 atom stereocenters. The third-order valence-corrected chi connectivity index (χ3v) is 4.36. The van der Waals surface area contributed by atoms with E-state index in [1.165, 1.54) is 77.0 Å². The van der Waals surface area contributed by atoms with Crippen molar-refractivity contribution in [3.8, 4) is 0 Å². The van der Waals surface area contributed by atoms with Gasteiger partial charge in [-0.25, -0.2) is 0 Å². The molecule has 0 rings (SSSR count). The third-order valence-electron chi connectivity index (χ3n) is 4.36. The number of unbranched alkanes of at least 4 members (excludes halogenated alkanes) is 12. The summed E-state index contributed by atoms with van der Waals surface area (Å²) in [5.74, 6) is 0. The van der Waals surface area contributed by atoms with Gasteiger partial charge in [0.1, 0.15) is 0 Å². The minimum atomic E-state index is -0.584. The molecule has 0 amide bonds. The maximum absolute atomic E-state index is 9.66. The van der Waals surface area contributed by atoms with Gasteiger partial charge in [-0.1, -0.05) is 84.0 Å². The number of rotatable bonds is 19. The van der Waals surface area contributed by atoms with E-state index in [4.69, 9.17) is 9.47 Å². The van der Waals surface area contributed by atoms with Gasteiger partial charge in [-0.05, 0) is 19.3 Å². The Balaban J connectivity index is 3.07. The van der Waals surface area contributed by atoms with Crippen LogP contribution in [0.5, 0.6) is 0 Å². The van der Waals surface area contributed by atoms with Crippen LogP contribution in [0.1, 0.15) is 103 Å². The third kappa shape index (κ3) is 19.8. The Morgan fingerprint density at radius 2 is 1.13 bits per heavy atom. The fourth-order valence-electron chi connectivity index (χ4n) is 2.84. The Morgan fingerprint density at radius 1 is 0.652 bits per heavy atom. The molecule has 0 saturated carbocycles. The molecule has 3 heteroatoms. The van der Waals surface area contributed by atoms with Crippen molar-refractivity contribution in [1.29, 1.82) is 0 Å².